The molecular weight excluding hydrogens is 358 g/mol. The highest BCUT2D eigenvalue weighted by atomic mass is 32.2. The zero-order valence-corrected chi connectivity index (χ0v) is 15.7. The van der Waals surface area contributed by atoms with Gasteiger partial charge in [-0.2, -0.15) is 4.31 Å². The Balaban J connectivity index is 1.80. The Bertz CT molecular complexity index is 741. The molecule has 1 aromatic carbocycles. The van der Waals surface area contributed by atoms with Gasteiger partial charge in [0.1, 0.15) is 10.6 Å². The Hall–Kier alpha value is -1.68. The number of sulfonamides is 1. The van der Waals surface area contributed by atoms with Gasteiger partial charge in [-0.15, -0.1) is 0 Å². The number of carbonyl (C=O) groups excluding carboxylic acids is 1. The summed E-state index contributed by atoms with van der Waals surface area (Å²) in [6.07, 6.45) is 2.13. The monoisotopic (exact) mass is 383 g/mol. The number of hydrogen-bond acceptors (Lipinski definition) is 6. The zero-order valence-electron chi connectivity index (χ0n) is 14.9. The van der Waals surface area contributed by atoms with Crippen molar-refractivity contribution in [1.29, 1.82) is 0 Å². The molecule has 0 radical (unpaired) electrons. The van der Waals surface area contributed by atoms with E-state index in [4.69, 9.17) is 9.47 Å². The van der Waals surface area contributed by atoms with E-state index in [0.717, 1.165) is 19.4 Å². The molecule has 3 rings (SSSR count). The minimum atomic E-state index is -3.76. The minimum Gasteiger partial charge on any atom is -0.495 e. The predicted molar refractivity (Wildman–Crippen MR) is 95.9 cm³/mol. The Morgan fingerprint density at radius 3 is 2.81 bits per heavy atom. The highest BCUT2D eigenvalue weighted by Crippen LogP contribution is 2.28. The summed E-state index contributed by atoms with van der Waals surface area (Å²) in [5.74, 6) is -0.0646. The Morgan fingerprint density at radius 1 is 1.38 bits per heavy atom. The lowest BCUT2D eigenvalue weighted by molar-refractivity contribution is 0.0729. The molecule has 1 unspecified atom stereocenters. The van der Waals surface area contributed by atoms with Gasteiger partial charge in [-0.25, -0.2) is 8.42 Å². The van der Waals surface area contributed by atoms with E-state index >= 15 is 0 Å². The van der Waals surface area contributed by atoms with Gasteiger partial charge in [0.15, 0.2) is 0 Å². The molecule has 0 spiro atoms. The quantitative estimate of drug-likeness (QED) is 0.728. The number of amides is 1. The molecule has 2 N–H and O–H groups in total. The third kappa shape index (κ3) is 4.17. The van der Waals surface area contributed by atoms with Crippen molar-refractivity contribution in [3.05, 3.63) is 23.8 Å². The van der Waals surface area contributed by atoms with Crippen LogP contribution in [0.4, 0.5) is 0 Å². The van der Waals surface area contributed by atoms with Crippen molar-refractivity contribution >= 4 is 15.9 Å². The first-order valence-corrected chi connectivity index (χ1v) is 10.2. The summed E-state index contributed by atoms with van der Waals surface area (Å²) in [5, 5.41) is 6.18. The number of carbonyl (C=O) groups is 1. The number of morpholine rings is 1. The molecule has 0 saturated carbocycles. The molecule has 2 aliphatic heterocycles. The Labute approximate surface area is 153 Å². The van der Waals surface area contributed by atoms with Gasteiger partial charge in [-0.1, -0.05) is 0 Å². The van der Waals surface area contributed by atoms with Crippen LogP contribution in [0.15, 0.2) is 23.1 Å². The van der Waals surface area contributed by atoms with Gasteiger partial charge < -0.3 is 20.1 Å². The molecule has 0 bridgehead atoms. The first kappa shape index (κ1) is 19.1. The van der Waals surface area contributed by atoms with Crippen LogP contribution in [-0.2, 0) is 14.8 Å². The number of hydrogen-bond donors (Lipinski definition) is 2. The van der Waals surface area contributed by atoms with Gasteiger partial charge in [0.05, 0.1) is 20.3 Å². The number of rotatable bonds is 6. The maximum atomic E-state index is 13.0. The fourth-order valence-electron chi connectivity index (χ4n) is 3.19. The van der Waals surface area contributed by atoms with Gasteiger partial charge >= 0.3 is 0 Å². The van der Waals surface area contributed by atoms with Crippen molar-refractivity contribution in [1.82, 2.24) is 14.9 Å². The van der Waals surface area contributed by atoms with E-state index in [-0.39, 0.29) is 35.7 Å². The van der Waals surface area contributed by atoms with Gasteiger partial charge in [-0.3, -0.25) is 4.79 Å². The summed E-state index contributed by atoms with van der Waals surface area (Å²) in [6, 6.07) is 4.76. The van der Waals surface area contributed by atoms with Crippen molar-refractivity contribution < 1.29 is 22.7 Å². The molecule has 0 aromatic heterocycles. The van der Waals surface area contributed by atoms with Crippen molar-refractivity contribution in [2.75, 3.05) is 46.5 Å². The average molecular weight is 383 g/mol. The predicted octanol–water partition coefficient (Wildman–Crippen LogP) is 0.198. The average Bonchev–Trinajstić information content (AvgIpc) is 3.20. The van der Waals surface area contributed by atoms with Crippen LogP contribution in [0.3, 0.4) is 0 Å². The van der Waals surface area contributed by atoms with Gasteiger partial charge in [0.25, 0.3) is 5.91 Å². The van der Waals surface area contributed by atoms with Crippen LogP contribution in [-0.4, -0.2) is 71.2 Å². The van der Waals surface area contributed by atoms with E-state index in [1.807, 2.05) is 0 Å². The molecular formula is C17H25N3O5S. The lowest BCUT2D eigenvalue weighted by Crippen LogP contribution is -2.41. The molecule has 2 heterocycles. The van der Waals surface area contributed by atoms with Crippen LogP contribution < -0.4 is 15.4 Å². The standard InChI is InChI=1S/C17H25N3O5S/c1-24-15-5-4-13(17(21)19-12-14-3-2-6-18-14)11-16(15)26(22,23)20-7-9-25-10-8-20/h4-5,11,14,18H,2-3,6-10,12H2,1H3,(H,19,21). The van der Waals surface area contributed by atoms with E-state index in [0.29, 0.717) is 25.3 Å². The second-order valence-electron chi connectivity index (χ2n) is 6.39. The zero-order chi connectivity index (χ0) is 18.6. The molecule has 26 heavy (non-hydrogen) atoms. The summed E-state index contributed by atoms with van der Waals surface area (Å²) < 4.78 is 37.7. The maximum Gasteiger partial charge on any atom is 0.251 e. The van der Waals surface area contributed by atoms with E-state index in [2.05, 4.69) is 10.6 Å². The number of methoxy groups -OCH3 is 1. The van der Waals surface area contributed by atoms with Crippen molar-refractivity contribution in [3.63, 3.8) is 0 Å². The molecule has 8 nitrogen and oxygen atoms in total. The van der Waals surface area contributed by atoms with Crippen LogP contribution in [0, 0.1) is 0 Å². The van der Waals surface area contributed by atoms with Crippen LogP contribution in [0.1, 0.15) is 23.2 Å². The molecule has 2 fully saturated rings. The third-order valence-corrected chi connectivity index (χ3v) is 6.60. The first-order valence-electron chi connectivity index (χ1n) is 8.80. The van der Waals surface area contributed by atoms with E-state index in [1.165, 1.54) is 23.5 Å². The maximum absolute atomic E-state index is 13.0. The third-order valence-electron chi connectivity index (χ3n) is 4.69. The lowest BCUT2D eigenvalue weighted by Gasteiger charge is -2.26. The summed E-state index contributed by atoms with van der Waals surface area (Å²) in [5.41, 5.74) is 0.302. The smallest absolute Gasteiger partial charge is 0.251 e. The van der Waals surface area contributed by atoms with Gasteiger partial charge in [0, 0.05) is 31.2 Å². The summed E-state index contributed by atoms with van der Waals surface area (Å²) >= 11 is 0. The topological polar surface area (TPSA) is 97.0 Å². The van der Waals surface area contributed by atoms with Gasteiger partial charge in [-0.05, 0) is 37.6 Å². The summed E-state index contributed by atoms with van der Waals surface area (Å²) in [7, 11) is -2.34. The first-order chi connectivity index (χ1) is 12.5. The molecule has 144 valence electrons. The number of benzene rings is 1. The van der Waals surface area contributed by atoms with Crippen LogP contribution in [0.2, 0.25) is 0 Å². The largest absolute Gasteiger partial charge is 0.495 e. The summed E-state index contributed by atoms with van der Waals surface area (Å²) in [6.45, 7) is 2.78. The summed E-state index contributed by atoms with van der Waals surface area (Å²) in [4.78, 5) is 12.5. The Morgan fingerprint density at radius 2 is 2.15 bits per heavy atom. The van der Waals surface area contributed by atoms with Crippen molar-refractivity contribution in [3.8, 4) is 5.75 Å². The SMILES string of the molecule is COc1ccc(C(=O)NCC2CCCN2)cc1S(=O)(=O)N1CCOCC1. The van der Waals surface area contributed by atoms with Crippen LogP contribution >= 0.6 is 0 Å². The van der Waals surface area contributed by atoms with E-state index in [9.17, 15) is 13.2 Å². The highest BCUT2D eigenvalue weighted by molar-refractivity contribution is 7.89. The molecule has 1 atom stereocenters. The van der Waals surface area contributed by atoms with Crippen LogP contribution in [0.5, 0.6) is 5.75 Å². The lowest BCUT2D eigenvalue weighted by atomic mass is 10.2. The van der Waals surface area contributed by atoms with E-state index < -0.39 is 10.0 Å². The molecule has 1 aromatic rings. The highest BCUT2D eigenvalue weighted by Gasteiger charge is 2.30. The minimum absolute atomic E-state index is 0.00791. The fourth-order valence-corrected chi connectivity index (χ4v) is 4.78. The molecule has 2 saturated heterocycles. The van der Waals surface area contributed by atoms with Gasteiger partial charge in [0.2, 0.25) is 10.0 Å². The molecule has 2 aliphatic rings. The number of nitrogens with one attached hydrogen (secondary N) is 2. The number of nitrogens with zero attached hydrogens (tertiary/aromatic N) is 1. The molecule has 9 heteroatoms. The Kier molecular flexibility index (Phi) is 6.13. The molecule has 1 amide bonds. The normalized spacial score (nSPS) is 21.5. The van der Waals surface area contributed by atoms with E-state index in [1.54, 1.807) is 6.07 Å². The molecule has 0 aliphatic carbocycles. The fraction of sp³-hybridized carbons (Fsp3) is 0.588. The number of ether oxygens (including phenoxy) is 2. The second-order valence-corrected chi connectivity index (χ2v) is 8.29. The van der Waals surface area contributed by atoms with Crippen molar-refractivity contribution in [2.24, 2.45) is 0 Å². The van der Waals surface area contributed by atoms with Crippen molar-refractivity contribution in [2.45, 2.75) is 23.8 Å². The second kappa shape index (κ2) is 8.34. The van der Waals surface area contributed by atoms with Crippen LogP contribution in [0.25, 0.3) is 0 Å².